The first-order valence-corrected chi connectivity index (χ1v) is 15.3. The summed E-state index contributed by atoms with van der Waals surface area (Å²) >= 11 is 0. The average Bonchev–Trinajstić information content (AvgIpc) is 3.36. The molecule has 0 fully saturated rings. The number of aliphatic hydroxyl groups is 1. The molecule has 3 aromatic carbocycles. The SMILES string of the molecule is C[C@@H]1CN([C@@H](C)CO)C(=O)Cc2cc(NC(=O)Cc3cn(C)c4ccccc34)ccc2O[C@@H]1CN(C)C(=O)Nc1ccc(F)cc1. The molecular formula is C35H40FN5O5. The van der Waals surface area contributed by atoms with Gasteiger partial charge in [0.05, 0.1) is 32.0 Å². The third kappa shape index (κ3) is 7.48. The van der Waals surface area contributed by atoms with Crippen molar-refractivity contribution in [2.75, 3.05) is 37.4 Å². The van der Waals surface area contributed by atoms with Gasteiger partial charge in [0.1, 0.15) is 17.7 Å². The number of rotatable bonds is 8. The van der Waals surface area contributed by atoms with Crippen molar-refractivity contribution in [1.82, 2.24) is 14.4 Å². The highest BCUT2D eigenvalue weighted by Gasteiger charge is 2.32. The molecule has 0 aliphatic carbocycles. The Bertz CT molecular complexity index is 1720. The molecule has 4 aromatic rings. The van der Waals surface area contributed by atoms with Crippen LogP contribution in [0.3, 0.4) is 0 Å². The van der Waals surface area contributed by atoms with Crippen molar-refractivity contribution in [2.45, 2.75) is 38.8 Å². The molecule has 1 aliphatic rings. The molecule has 3 atom stereocenters. The number of nitrogens with one attached hydrogen (secondary N) is 2. The van der Waals surface area contributed by atoms with Crippen LogP contribution in [0.2, 0.25) is 0 Å². The number of fused-ring (bicyclic) bond motifs is 2. The lowest BCUT2D eigenvalue weighted by molar-refractivity contribution is -0.134. The zero-order valence-electron chi connectivity index (χ0n) is 26.5. The Balaban J connectivity index is 1.36. The maximum atomic E-state index is 13.6. The van der Waals surface area contributed by atoms with E-state index >= 15 is 0 Å². The fraction of sp³-hybridized carbons (Fsp3) is 0.343. The van der Waals surface area contributed by atoms with Crippen LogP contribution < -0.4 is 15.4 Å². The van der Waals surface area contributed by atoms with E-state index in [0.29, 0.717) is 29.2 Å². The van der Waals surface area contributed by atoms with E-state index in [2.05, 4.69) is 10.6 Å². The normalized spacial score (nSPS) is 17.3. The molecule has 0 bridgehead atoms. The summed E-state index contributed by atoms with van der Waals surface area (Å²) in [6, 6.07) is 17.8. The molecule has 0 radical (unpaired) electrons. The minimum Gasteiger partial charge on any atom is -0.488 e. The number of halogens is 1. The minimum atomic E-state index is -0.520. The first-order chi connectivity index (χ1) is 22.0. The molecular weight excluding hydrogens is 589 g/mol. The molecule has 0 spiro atoms. The third-order valence-corrected chi connectivity index (χ3v) is 8.43. The van der Waals surface area contributed by atoms with Gasteiger partial charge in [0.2, 0.25) is 11.8 Å². The van der Waals surface area contributed by atoms with E-state index in [1.807, 2.05) is 49.0 Å². The molecule has 2 heterocycles. The second-order valence-corrected chi connectivity index (χ2v) is 12.0. The fourth-order valence-corrected chi connectivity index (χ4v) is 5.77. The maximum Gasteiger partial charge on any atom is 0.321 e. The van der Waals surface area contributed by atoms with Crippen molar-refractivity contribution < 1.29 is 28.6 Å². The number of aromatic nitrogens is 1. The number of aryl methyl sites for hydroxylation is 1. The van der Waals surface area contributed by atoms with Gasteiger partial charge in [-0.25, -0.2) is 9.18 Å². The van der Waals surface area contributed by atoms with Crippen LogP contribution >= 0.6 is 0 Å². The number of nitrogens with zero attached hydrogens (tertiary/aromatic N) is 3. The molecule has 11 heteroatoms. The van der Waals surface area contributed by atoms with Crippen LogP contribution in [0.4, 0.5) is 20.6 Å². The zero-order chi connectivity index (χ0) is 33.0. The Morgan fingerprint density at radius 2 is 1.80 bits per heavy atom. The Kier molecular flexibility index (Phi) is 9.91. The molecule has 4 amide bonds. The Morgan fingerprint density at radius 3 is 2.54 bits per heavy atom. The Morgan fingerprint density at radius 1 is 1.09 bits per heavy atom. The predicted octanol–water partition coefficient (Wildman–Crippen LogP) is 4.81. The van der Waals surface area contributed by atoms with Gasteiger partial charge in [0.15, 0.2) is 0 Å². The standard InChI is InChI=1S/C35H40FN5O5/c1-22-18-41(23(2)21-42)34(44)17-24-15-28(37-33(43)16-25-19-39(3)30-8-6-5-7-29(25)30)13-14-31(24)46-32(22)20-40(4)35(45)38-27-11-9-26(36)10-12-27/h5-15,19,22-23,32,42H,16-18,20-21H2,1-4H3,(H,37,43)(H,38,45)/t22-,23+,32-/m1/s1. The van der Waals surface area contributed by atoms with Gasteiger partial charge in [-0.15, -0.1) is 0 Å². The number of ether oxygens (including phenoxy) is 1. The molecule has 1 aromatic heterocycles. The molecule has 46 heavy (non-hydrogen) atoms. The van der Waals surface area contributed by atoms with E-state index in [4.69, 9.17) is 4.74 Å². The highest BCUT2D eigenvalue weighted by molar-refractivity contribution is 5.96. The van der Waals surface area contributed by atoms with Gasteiger partial charge < -0.3 is 34.8 Å². The van der Waals surface area contributed by atoms with Crippen LogP contribution in [-0.4, -0.2) is 76.2 Å². The molecule has 10 nitrogen and oxygen atoms in total. The van der Waals surface area contributed by atoms with Crippen molar-refractivity contribution in [3.8, 4) is 5.75 Å². The molecule has 3 N–H and O–H groups in total. The Labute approximate surface area is 267 Å². The maximum absolute atomic E-state index is 13.6. The Hall–Kier alpha value is -4.90. The van der Waals surface area contributed by atoms with Crippen molar-refractivity contribution in [1.29, 1.82) is 0 Å². The van der Waals surface area contributed by atoms with Crippen LogP contribution in [0.25, 0.3) is 10.9 Å². The van der Waals surface area contributed by atoms with Crippen molar-refractivity contribution in [3.05, 3.63) is 89.9 Å². The number of anilines is 2. The van der Waals surface area contributed by atoms with Crippen LogP contribution in [0, 0.1) is 11.7 Å². The van der Waals surface area contributed by atoms with E-state index in [0.717, 1.165) is 16.5 Å². The van der Waals surface area contributed by atoms with Gasteiger partial charge >= 0.3 is 6.03 Å². The van der Waals surface area contributed by atoms with E-state index < -0.39 is 24.0 Å². The van der Waals surface area contributed by atoms with Crippen LogP contribution in [-0.2, 0) is 29.5 Å². The van der Waals surface area contributed by atoms with Gasteiger partial charge in [0, 0.05) is 60.6 Å². The summed E-state index contributed by atoms with van der Waals surface area (Å²) in [4.78, 5) is 42.8. The summed E-state index contributed by atoms with van der Waals surface area (Å²) in [6.45, 7) is 4.01. The molecule has 0 unspecified atom stereocenters. The number of urea groups is 1. The number of amides is 4. The van der Waals surface area contributed by atoms with Crippen molar-refractivity contribution >= 4 is 40.1 Å². The number of hydrogen-bond acceptors (Lipinski definition) is 5. The summed E-state index contributed by atoms with van der Waals surface area (Å²) in [7, 11) is 3.58. The predicted molar refractivity (Wildman–Crippen MR) is 175 cm³/mol. The van der Waals surface area contributed by atoms with Crippen LogP contribution in [0.1, 0.15) is 25.0 Å². The van der Waals surface area contributed by atoms with Gasteiger partial charge in [0.25, 0.3) is 0 Å². The topological polar surface area (TPSA) is 116 Å². The lowest BCUT2D eigenvalue weighted by Gasteiger charge is -2.34. The molecule has 0 saturated carbocycles. The van der Waals surface area contributed by atoms with Crippen LogP contribution in [0.15, 0.2) is 72.9 Å². The van der Waals surface area contributed by atoms with E-state index in [9.17, 15) is 23.9 Å². The molecule has 0 saturated heterocycles. The number of benzene rings is 3. The third-order valence-electron chi connectivity index (χ3n) is 8.43. The number of carbonyl (C=O) groups excluding carboxylic acids is 3. The summed E-state index contributed by atoms with van der Waals surface area (Å²) in [5.41, 5.74) is 3.52. The highest BCUT2D eigenvalue weighted by Crippen LogP contribution is 2.30. The lowest BCUT2D eigenvalue weighted by Crippen LogP contribution is -2.48. The van der Waals surface area contributed by atoms with E-state index in [-0.39, 0.29) is 43.7 Å². The highest BCUT2D eigenvalue weighted by atomic mass is 19.1. The average molecular weight is 630 g/mol. The number of carbonyl (C=O) groups is 3. The number of likely N-dealkylation sites (N-methyl/N-ethyl adjacent to an activating group) is 1. The molecule has 5 rings (SSSR count). The largest absolute Gasteiger partial charge is 0.488 e. The van der Waals surface area contributed by atoms with E-state index in [1.165, 1.54) is 29.2 Å². The zero-order valence-corrected chi connectivity index (χ0v) is 26.5. The first-order valence-electron chi connectivity index (χ1n) is 15.3. The fourth-order valence-electron chi connectivity index (χ4n) is 5.77. The molecule has 242 valence electrons. The lowest BCUT2D eigenvalue weighted by atomic mass is 10.0. The second-order valence-electron chi connectivity index (χ2n) is 12.0. The van der Waals surface area contributed by atoms with Gasteiger partial charge in [-0.2, -0.15) is 0 Å². The van der Waals surface area contributed by atoms with Gasteiger partial charge in [-0.05, 0) is 61.0 Å². The quantitative estimate of drug-likeness (QED) is 0.259. The second kappa shape index (κ2) is 14.0. The van der Waals surface area contributed by atoms with Crippen molar-refractivity contribution in [2.24, 2.45) is 13.0 Å². The first kappa shape index (κ1) is 32.5. The number of hydrogen-bond donors (Lipinski definition) is 3. The monoisotopic (exact) mass is 629 g/mol. The van der Waals surface area contributed by atoms with Crippen LogP contribution in [0.5, 0.6) is 5.75 Å². The summed E-state index contributed by atoms with van der Waals surface area (Å²) in [5.74, 6) is -0.516. The summed E-state index contributed by atoms with van der Waals surface area (Å²) in [6.07, 6.45) is 1.62. The van der Waals surface area contributed by atoms with E-state index in [1.54, 1.807) is 37.1 Å². The number of para-hydroxylation sites is 1. The van der Waals surface area contributed by atoms with Gasteiger partial charge in [-0.3, -0.25) is 9.59 Å². The summed E-state index contributed by atoms with van der Waals surface area (Å²) < 4.78 is 21.8. The van der Waals surface area contributed by atoms with Crippen molar-refractivity contribution in [3.63, 3.8) is 0 Å². The summed E-state index contributed by atoms with van der Waals surface area (Å²) in [5, 5.41) is 16.7. The minimum absolute atomic E-state index is 0.00698. The molecule has 1 aliphatic heterocycles. The number of aliphatic hydroxyl groups excluding tert-OH is 1. The smallest absolute Gasteiger partial charge is 0.321 e. The van der Waals surface area contributed by atoms with Gasteiger partial charge in [-0.1, -0.05) is 25.1 Å².